The fourth-order valence-corrected chi connectivity index (χ4v) is 2.43. The molecule has 0 bridgehead atoms. The first-order valence-corrected chi connectivity index (χ1v) is 7.50. The summed E-state index contributed by atoms with van der Waals surface area (Å²) in [6, 6.07) is 4.55. The molecule has 0 aliphatic carbocycles. The van der Waals surface area contributed by atoms with E-state index >= 15 is 0 Å². The van der Waals surface area contributed by atoms with Crippen LogP contribution in [-0.4, -0.2) is 40.2 Å². The quantitative estimate of drug-likeness (QED) is 0.846. The van der Waals surface area contributed by atoms with Gasteiger partial charge in [-0.05, 0) is 31.0 Å². The number of carbonyl (C=O) groups is 1. The highest BCUT2D eigenvalue weighted by atomic mass is 19.1. The largest absolute Gasteiger partial charge is 0.380 e. The van der Waals surface area contributed by atoms with E-state index in [4.69, 9.17) is 4.74 Å². The molecule has 1 aromatic heterocycles. The molecule has 1 aliphatic rings. The summed E-state index contributed by atoms with van der Waals surface area (Å²) in [5, 5.41) is 13.0. The molecule has 8 heteroatoms. The summed E-state index contributed by atoms with van der Waals surface area (Å²) in [5.74, 6) is -0.712. The van der Waals surface area contributed by atoms with E-state index in [0.29, 0.717) is 17.9 Å². The van der Waals surface area contributed by atoms with Gasteiger partial charge in [-0.15, -0.1) is 5.10 Å². The van der Waals surface area contributed by atoms with Crippen LogP contribution in [0.3, 0.4) is 0 Å². The van der Waals surface area contributed by atoms with Crippen molar-refractivity contribution in [2.24, 2.45) is 0 Å². The molecule has 1 fully saturated rings. The van der Waals surface area contributed by atoms with Crippen molar-refractivity contribution in [3.05, 3.63) is 36.4 Å². The normalized spacial score (nSPS) is 17.2. The van der Waals surface area contributed by atoms with Gasteiger partial charge in [-0.3, -0.25) is 4.79 Å². The maximum atomic E-state index is 14.1. The average molecular weight is 319 g/mol. The number of hydrogen-bond donors (Lipinski definition) is 2. The Morgan fingerprint density at radius 2 is 2.39 bits per heavy atom. The number of halogens is 1. The molecule has 0 spiro atoms. The number of anilines is 2. The van der Waals surface area contributed by atoms with Gasteiger partial charge in [0.05, 0.1) is 18.0 Å². The highest BCUT2D eigenvalue weighted by Gasteiger charge is 2.15. The highest BCUT2D eigenvalue weighted by Crippen LogP contribution is 2.20. The SMILES string of the molecule is O=C(Cn1ccnn1)Nc1ccc(NCC2CCCO2)c(F)c1. The standard InChI is InChI=1S/C15H18FN5O2/c16-13-8-11(19-15(22)10-21-6-5-18-20-21)3-4-14(13)17-9-12-2-1-7-23-12/h3-6,8,12,17H,1-2,7,9-10H2,(H,19,22). The molecule has 3 rings (SSSR count). The fraction of sp³-hybridized carbons (Fsp3) is 0.400. The van der Waals surface area contributed by atoms with E-state index < -0.39 is 5.82 Å². The first kappa shape index (κ1) is 15.4. The molecule has 7 nitrogen and oxygen atoms in total. The van der Waals surface area contributed by atoms with Crippen molar-refractivity contribution in [3.63, 3.8) is 0 Å². The van der Waals surface area contributed by atoms with Gasteiger partial charge in [-0.2, -0.15) is 0 Å². The van der Waals surface area contributed by atoms with Crippen molar-refractivity contribution in [2.45, 2.75) is 25.5 Å². The van der Waals surface area contributed by atoms with E-state index in [1.807, 2.05) is 0 Å². The predicted octanol–water partition coefficient (Wildman–Crippen LogP) is 1.65. The first-order valence-electron chi connectivity index (χ1n) is 7.50. The van der Waals surface area contributed by atoms with Gasteiger partial charge in [0, 0.05) is 25.0 Å². The molecule has 1 aromatic carbocycles. The van der Waals surface area contributed by atoms with Gasteiger partial charge in [-0.25, -0.2) is 9.07 Å². The van der Waals surface area contributed by atoms with Crippen molar-refractivity contribution in [3.8, 4) is 0 Å². The molecule has 1 aliphatic heterocycles. The van der Waals surface area contributed by atoms with Crippen LogP contribution >= 0.6 is 0 Å². The minimum atomic E-state index is -0.415. The Morgan fingerprint density at radius 3 is 3.09 bits per heavy atom. The molecule has 1 unspecified atom stereocenters. The van der Waals surface area contributed by atoms with Crippen LogP contribution in [-0.2, 0) is 16.1 Å². The number of hydrogen-bond acceptors (Lipinski definition) is 5. The zero-order chi connectivity index (χ0) is 16.1. The van der Waals surface area contributed by atoms with Crippen LogP contribution in [0.25, 0.3) is 0 Å². The molecule has 2 aromatic rings. The summed E-state index contributed by atoms with van der Waals surface area (Å²) >= 11 is 0. The third-order valence-corrected chi connectivity index (χ3v) is 3.57. The second-order valence-electron chi connectivity index (χ2n) is 5.36. The highest BCUT2D eigenvalue weighted by molar-refractivity contribution is 5.90. The van der Waals surface area contributed by atoms with E-state index in [1.54, 1.807) is 18.3 Å². The maximum absolute atomic E-state index is 14.1. The predicted molar refractivity (Wildman–Crippen MR) is 82.5 cm³/mol. The number of rotatable bonds is 6. The molecule has 2 heterocycles. The summed E-state index contributed by atoms with van der Waals surface area (Å²) in [7, 11) is 0. The molecule has 0 radical (unpaired) electrons. The molecule has 1 saturated heterocycles. The molecular formula is C15H18FN5O2. The zero-order valence-corrected chi connectivity index (χ0v) is 12.5. The molecule has 2 N–H and O–H groups in total. The van der Waals surface area contributed by atoms with Crippen LogP contribution in [0, 0.1) is 5.82 Å². The van der Waals surface area contributed by atoms with Gasteiger partial charge in [0.1, 0.15) is 12.4 Å². The molecule has 1 atom stereocenters. The van der Waals surface area contributed by atoms with E-state index in [2.05, 4.69) is 20.9 Å². The van der Waals surface area contributed by atoms with Gasteiger partial charge in [0.15, 0.2) is 0 Å². The van der Waals surface area contributed by atoms with Crippen LogP contribution in [0.5, 0.6) is 0 Å². The monoisotopic (exact) mass is 319 g/mol. The van der Waals surface area contributed by atoms with Crippen LogP contribution in [0.2, 0.25) is 0 Å². The van der Waals surface area contributed by atoms with Gasteiger partial charge < -0.3 is 15.4 Å². The lowest BCUT2D eigenvalue weighted by Gasteiger charge is -2.13. The van der Waals surface area contributed by atoms with Crippen LogP contribution < -0.4 is 10.6 Å². The first-order chi connectivity index (χ1) is 11.2. The summed E-state index contributed by atoms with van der Waals surface area (Å²) in [6.45, 7) is 1.38. The van der Waals surface area contributed by atoms with E-state index in [-0.39, 0.29) is 18.6 Å². The van der Waals surface area contributed by atoms with E-state index in [9.17, 15) is 9.18 Å². The van der Waals surface area contributed by atoms with Crippen molar-refractivity contribution in [2.75, 3.05) is 23.8 Å². The van der Waals surface area contributed by atoms with Crippen molar-refractivity contribution in [1.82, 2.24) is 15.0 Å². The Hall–Kier alpha value is -2.48. The van der Waals surface area contributed by atoms with Gasteiger partial charge in [0.25, 0.3) is 0 Å². The number of nitrogens with zero attached hydrogens (tertiary/aromatic N) is 3. The van der Waals surface area contributed by atoms with Gasteiger partial charge in [0.2, 0.25) is 5.91 Å². The number of nitrogens with one attached hydrogen (secondary N) is 2. The number of ether oxygens (including phenoxy) is 1. The minimum Gasteiger partial charge on any atom is -0.380 e. The summed E-state index contributed by atoms with van der Waals surface area (Å²) in [5.41, 5.74) is 0.796. The second kappa shape index (κ2) is 7.19. The van der Waals surface area contributed by atoms with Crippen molar-refractivity contribution < 1.29 is 13.9 Å². The third-order valence-electron chi connectivity index (χ3n) is 3.57. The Bertz CT molecular complexity index is 656. The Morgan fingerprint density at radius 1 is 1.48 bits per heavy atom. The van der Waals surface area contributed by atoms with Crippen molar-refractivity contribution >= 4 is 17.3 Å². The lowest BCUT2D eigenvalue weighted by atomic mass is 10.2. The number of benzene rings is 1. The minimum absolute atomic E-state index is 0.0284. The average Bonchev–Trinajstić information content (AvgIpc) is 3.19. The number of amides is 1. The van der Waals surface area contributed by atoms with E-state index in [1.165, 1.54) is 16.9 Å². The molecular weight excluding hydrogens is 301 g/mol. The molecule has 1 amide bonds. The number of carbonyl (C=O) groups excluding carboxylic acids is 1. The molecule has 23 heavy (non-hydrogen) atoms. The smallest absolute Gasteiger partial charge is 0.246 e. The molecule has 122 valence electrons. The van der Waals surface area contributed by atoms with Gasteiger partial charge in [-0.1, -0.05) is 5.21 Å². The lowest BCUT2D eigenvalue weighted by Crippen LogP contribution is -2.20. The van der Waals surface area contributed by atoms with Crippen LogP contribution in [0.15, 0.2) is 30.6 Å². The van der Waals surface area contributed by atoms with Gasteiger partial charge >= 0.3 is 0 Å². The second-order valence-corrected chi connectivity index (χ2v) is 5.36. The van der Waals surface area contributed by atoms with E-state index in [0.717, 1.165) is 19.4 Å². The zero-order valence-electron chi connectivity index (χ0n) is 12.5. The Balaban J connectivity index is 1.54. The summed E-state index contributed by atoms with van der Waals surface area (Å²) < 4.78 is 20.9. The van der Waals surface area contributed by atoms with Crippen LogP contribution in [0.1, 0.15) is 12.8 Å². The third kappa shape index (κ3) is 4.26. The fourth-order valence-electron chi connectivity index (χ4n) is 2.43. The lowest BCUT2D eigenvalue weighted by molar-refractivity contribution is -0.116. The summed E-state index contributed by atoms with van der Waals surface area (Å²) in [6.07, 6.45) is 5.24. The molecule has 0 saturated carbocycles. The summed E-state index contributed by atoms with van der Waals surface area (Å²) in [4.78, 5) is 11.8. The topological polar surface area (TPSA) is 81.1 Å². The van der Waals surface area contributed by atoms with Crippen molar-refractivity contribution in [1.29, 1.82) is 0 Å². The maximum Gasteiger partial charge on any atom is 0.246 e. The van der Waals surface area contributed by atoms with Crippen LogP contribution in [0.4, 0.5) is 15.8 Å². The Labute approximate surface area is 132 Å². The Kier molecular flexibility index (Phi) is 4.82. The number of aromatic nitrogens is 3.